The Hall–Kier alpha value is -5.60. The van der Waals surface area contributed by atoms with Crippen molar-refractivity contribution in [3.63, 3.8) is 0 Å². The summed E-state index contributed by atoms with van der Waals surface area (Å²) in [7, 11) is 4.53. The molecule has 0 fully saturated rings. The Morgan fingerprint density at radius 1 is 0.775 bits per heavy atom. The number of carboxylic acid groups (broad SMARTS) is 1. The molecule has 7 atom stereocenters. The lowest BCUT2D eigenvalue weighted by atomic mass is 9.85. The molecule has 1 aromatic carbocycles. The van der Waals surface area contributed by atoms with E-state index in [9.17, 15) is 29.1 Å². The number of amides is 3. The number of esters is 1. The molecule has 394 valence electrons. The van der Waals surface area contributed by atoms with Gasteiger partial charge in [-0.05, 0) is 74.8 Å². The Labute approximate surface area is 426 Å². The summed E-state index contributed by atoms with van der Waals surface area (Å²) in [6.45, 7) is 19.1. The number of para-hydroxylation sites is 1. The Balaban J connectivity index is 0.0000173. The van der Waals surface area contributed by atoms with E-state index in [4.69, 9.17) is 20.3 Å². The van der Waals surface area contributed by atoms with Crippen molar-refractivity contribution in [2.75, 3.05) is 21.1 Å². The fourth-order valence-electron chi connectivity index (χ4n) is 9.12. The van der Waals surface area contributed by atoms with Gasteiger partial charge in [-0.3, -0.25) is 24.0 Å². The van der Waals surface area contributed by atoms with Crippen molar-refractivity contribution >= 4 is 64.5 Å². The fourth-order valence-corrected chi connectivity index (χ4v) is 9.12. The maximum Gasteiger partial charge on any atom is 0.345 e. The number of Topliss-reactive ketones (excluding diaryl/α,β-unsaturated/α-hetero) is 2. The van der Waals surface area contributed by atoms with Crippen molar-refractivity contribution < 1.29 is 47.9 Å². The third-order valence-electron chi connectivity index (χ3n) is 12.8. The van der Waals surface area contributed by atoms with Crippen LogP contribution in [0.4, 0.5) is 0 Å². The molecule has 0 aliphatic carbocycles. The molecule has 3 N–H and O–H groups in total. The fraction of sp³-hybridized carbons (Fsp3) is 0.642. The summed E-state index contributed by atoms with van der Waals surface area (Å²) < 4.78 is 12.6. The number of hydrogen-bond acceptors (Lipinski definition) is 12. The number of carboxylic acids is 1. The number of rotatable bonds is 29. The summed E-state index contributed by atoms with van der Waals surface area (Å²) in [6, 6.07) is 7.37. The minimum atomic E-state index is -1.58. The third kappa shape index (κ3) is 17.9. The number of ether oxygens (including phenoxy) is 1. The number of nitrogens with zero attached hydrogens (tertiary/aromatic N) is 6. The highest BCUT2D eigenvalue weighted by molar-refractivity contribution is 5.97. The lowest BCUT2D eigenvalue weighted by Crippen LogP contribution is -2.51. The van der Waals surface area contributed by atoms with Gasteiger partial charge >= 0.3 is 11.9 Å². The smallest absolute Gasteiger partial charge is 0.345 e. The van der Waals surface area contributed by atoms with Crippen LogP contribution in [0.3, 0.4) is 0 Å². The van der Waals surface area contributed by atoms with Crippen molar-refractivity contribution in [1.82, 2.24) is 24.4 Å². The second-order valence-corrected chi connectivity index (χ2v) is 20.8. The summed E-state index contributed by atoms with van der Waals surface area (Å²) >= 11 is 0. The molecule has 0 radical (unpaired) electrons. The summed E-state index contributed by atoms with van der Waals surface area (Å²) in [5, 5.41) is 23.6. The normalized spacial score (nSPS) is 14.5. The lowest BCUT2D eigenvalue weighted by Gasteiger charge is -2.34. The maximum absolute atomic E-state index is 15.2. The van der Waals surface area contributed by atoms with E-state index in [1.807, 2.05) is 103 Å². The van der Waals surface area contributed by atoms with Gasteiger partial charge in [0.05, 0.1) is 30.7 Å². The number of nitrogens with two attached hydrogens (primary N) is 1. The van der Waals surface area contributed by atoms with Crippen molar-refractivity contribution in [1.29, 1.82) is 5.26 Å². The zero-order valence-electron chi connectivity index (χ0n) is 44.2. The number of aliphatic carboxylic acids is 1. The molecule has 71 heavy (non-hydrogen) atoms. The average molecular weight is 1010 g/mol. The predicted molar refractivity (Wildman–Crippen MR) is 273 cm³/mol. The van der Waals surface area contributed by atoms with Gasteiger partial charge in [-0.25, -0.2) is 9.59 Å². The van der Waals surface area contributed by atoms with Gasteiger partial charge in [0.1, 0.15) is 17.5 Å². The lowest BCUT2D eigenvalue weighted by molar-refractivity contribution is -0.169. The van der Waals surface area contributed by atoms with Crippen LogP contribution < -0.4 is 5.73 Å². The van der Waals surface area contributed by atoms with Gasteiger partial charge in [-0.15, -0.1) is 12.4 Å². The molecule has 3 amide bonds. The second kappa shape index (κ2) is 28.4. The number of aromatic nitrogens is 2. The summed E-state index contributed by atoms with van der Waals surface area (Å²) in [5.74, 6) is -5.50. The number of hydrogen-bond donors (Lipinski definition) is 2. The number of aryl methyl sites for hydroxylation is 1. The zero-order valence-corrected chi connectivity index (χ0v) is 45.0. The van der Waals surface area contributed by atoms with Crippen LogP contribution in [0.25, 0.3) is 10.9 Å². The topological polar surface area (TPSA) is 239 Å². The van der Waals surface area contributed by atoms with E-state index in [2.05, 4.69) is 5.16 Å². The Bertz CT molecular complexity index is 2320. The quantitative estimate of drug-likeness (QED) is 0.0645. The van der Waals surface area contributed by atoms with E-state index in [0.29, 0.717) is 37.3 Å². The molecule has 0 saturated carbocycles. The second-order valence-electron chi connectivity index (χ2n) is 20.8. The van der Waals surface area contributed by atoms with Crippen LogP contribution in [0, 0.1) is 53.8 Å². The number of carbonyl (C=O) groups excluding carboxylic acids is 6. The van der Waals surface area contributed by atoms with Gasteiger partial charge in [0.2, 0.25) is 17.7 Å². The first-order chi connectivity index (χ1) is 32.8. The number of nitriles is 1. The predicted octanol–water partition coefficient (Wildman–Crippen LogP) is 7.41. The summed E-state index contributed by atoms with van der Waals surface area (Å²) in [4.78, 5) is 102. The number of halogens is 1. The highest BCUT2D eigenvalue weighted by Crippen LogP contribution is 2.30. The highest BCUT2D eigenvalue weighted by atomic mass is 35.5. The van der Waals surface area contributed by atoms with Gasteiger partial charge in [-0.1, -0.05) is 78.7 Å². The number of fused-ring (bicyclic) bond motifs is 1. The number of carbonyl (C=O) groups is 7. The van der Waals surface area contributed by atoms with Crippen LogP contribution in [-0.4, -0.2) is 122 Å². The zero-order chi connectivity index (χ0) is 52.7. The van der Waals surface area contributed by atoms with Crippen molar-refractivity contribution in [3.05, 3.63) is 53.5 Å². The standard InChI is InChI=1S/C53H79N7O10.ClH/c1-31(2)21-37(49(63)57(11)36(10)53(68)69-48(52(66)67)19-16-20-54)27-47(62)45(26-39-29-60(30-40-25-35(9)70-56-40)43-18-15-14-17-41(39)43)58(12)50(64)38(22-32(3)4)28-46(61)44(24-34(7)8)59(13)51(65)42(55)23-33(5)6;/h14-15,17-18,25,29,31-34,36-38,42,44-45,48H,16,19,21-24,26-28,30,55H2,1-13H3,(H,66,67);1H/t36-,37+,38+,42-,44-,45-,48+;/m0./s1. The van der Waals surface area contributed by atoms with Gasteiger partial charge in [0, 0.05) is 88.2 Å². The molecule has 3 rings (SSSR count). The van der Waals surface area contributed by atoms with Crippen LogP contribution in [0.1, 0.15) is 131 Å². The number of ketones is 2. The summed E-state index contributed by atoms with van der Waals surface area (Å²) in [5.41, 5.74) is 8.63. The molecular weight excluding hydrogens is 930 g/mol. The molecule has 0 saturated heterocycles. The van der Waals surface area contributed by atoms with Crippen LogP contribution in [0.2, 0.25) is 0 Å². The molecule has 0 aliphatic rings. The van der Waals surface area contributed by atoms with Crippen molar-refractivity contribution in [2.24, 2.45) is 41.2 Å². The van der Waals surface area contributed by atoms with E-state index in [1.165, 1.54) is 23.8 Å². The first-order valence-corrected chi connectivity index (χ1v) is 24.7. The summed E-state index contributed by atoms with van der Waals surface area (Å²) in [6.07, 6.45) is 0.882. The molecule has 0 bridgehead atoms. The number of likely N-dealkylation sites (N-methyl/N-ethyl adjacent to an activating group) is 3. The SMILES string of the molecule is Cc1cc(Cn2cc(C[C@@H](C(=O)C[C@@H](CC(C)C)C(=O)N(C)[C@@H](C)C(=O)O[C@H](CCC#N)C(=O)O)N(C)C(=O)[C@@H](CC(=O)[C@H](CC(C)C)N(C)C(=O)[C@@H](N)CC(C)C)CC(C)C)c3ccccc32)no1.Cl. The van der Waals surface area contributed by atoms with Crippen molar-refractivity contribution in [2.45, 2.75) is 164 Å². The first-order valence-electron chi connectivity index (χ1n) is 24.7. The monoisotopic (exact) mass is 1010 g/mol. The van der Waals surface area contributed by atoms with E-state index in [1.54, 1.807) is 21.0 Å². The van der Waals surface area contributed by atoms with E-state index in [-0.39, 0.29) is 86.3 Å². The molecule has 3 aromatic rings. The van der Waals surface area contributed by atoms with Crippen LogP contribution in [-0.2, 0) is 51.3 Å². The molecule has 2 heterocycles. The Morgan fingerprint density at radius 2 is 1.30 bits per heavy atom. The van der Waals surface area contributed by atoms with Gasteiger partial charge in [0.25, 0.3) is 0 Å². The van der Waals surface area contributed by atoms with Gasteiger partial charge in [-0.2, -0.15) is 5.26 Å². The van der Waals surface area contributed by atoms with Gasteiger partial charge in [0.15, 0.2) is 17.7 Å². The van der Waals surface area contributed by atoms with Gasteiger partial charge < -0.3 is 39.4 Å². The molecule has 0 unspecified atom stereocenters. The van der Waals surface area contributed by atoms with E-state index < -0.39 is 71.6 Å². The molecular formula is C53H80ClN7O10. The Kier molecular flexibility index (Phi) is 24.6. The minimum Gasteiger partial charge on any atom is -0.479 e. The van der Waals surface area contributed by atoms with Crippen LogP contribution in [0.15, 0.2) is 41.1 Å². The first kappa shape index (κ1) is 61.5. The van der Waals surface area contributed by atoms with E-state index in [0.717, 1.165) is 21.4 Å². The third-order valence-corrected chi connectivity index (χ3v) is 12.8. The number of benzene rings is 1. The Morgan fingerprint density at radius 3 is 1.80 bits per heavy atom. The molecule has 18 heteroatoms. The van der Waals surface area contributed by atoms with Crippen molar-refractivity contribution in [3.8, 4) is 6.07 Å². The largest absolute Gasteiger partial charge is 0.479 e. The van der Waals surface area contributed by atoms with Crippen LogP contribution >= 0.6 is 12.4 Å². The van der Waals surface area contributed by atoms with Crippen LogP contribution in [0.5, 0.6) is 0 Å². The molecule has 0 aliphatic heterocycles. The maximum atomic E-state index is 15.2. The highest BCUT2D eigenvalue weighted by Gasteiger charge is 2.39. The molecule has 17 nitrogen and oxygen atoms in total. The molecule has 0 spiro atoms. The average Bonchev–Trinajstić information content (AvgIpc) is 3.86. The molecule has 2 aromatic heterocycles. The minimum absolute atomic E-state index is 0. The van der Waals surface area contributed by atoms with E-state index >= 15 is 9.59 Å².